The zero-order chi connectivity index (χ0) is 8.97. The second-order valence-electron chi connectivity index (χ2n) is 2.08. The maximum atomic E-state index is 9.87. The number of rotatable bonds is 3. The van der Waals surface area contributed by atoms with Crippen LogP contribution in [0.1, 0.15) is 5.69 Å². The molecule has 12 heavy (non-hydrogen) atoms. The van der Waals surface area contributed by atoms with Crippen molar-refractivity contribution in [2.75, 3.05) is 5.73 Å². The molecule has 0 fully saturated rings. The molecule has 0 saturated carbocycles. The molecule has 0 bridgehead atoms. The van der Waals surface area contributed by atoms with Gasteiger partial charge in [-0.25, -0.2) is 4.98 Å². The SMILES string of the molecule is Nc1ccc(Br)nc1COC=O. The Morgan fingerprint density at radius 2 is 2.42 bits per heavy atom. The van der Waals surface area contributed by atoms with Crippen molar-refractivity contribution in [2.45, 2.75) is 6.61 Å². The zero-order valence-electron chi connectivity index (χ0n) is 6.16. The van der Waals surface area contributed by atoms with Crippen molar-refractivity contribution in [2.24, 2.45) is 0 Å². The van der Waals surface area contributed by atoms with Crippen LogP contribution in [0, 0.1) is 0 Å². The van der Waals surface area contributed by atoms with Crippen molar-refractivity contribution in [1.29, 1.82) is 0 Å². The Balaban J connectivity index is 2.82. The highest BCUT2D eigenvalue weighted by molar-refractivity contribution is 9.10. The maximum Gasteiger partial charge on any atom is 0.293 e. The van der Waals surface area contributed by atoms with E-state index in [-0.39, 0.29) is 6.61 Å². The predicted octanol–water partition coefficient (Wildman–Crippen LogP) is 1.10. The summed E-state index contributed by atoms with van der Waals surface area (Å²) in [6, 6.07) is 3.42. The summed E-state index contributed by atoms with van der Waals surface area (Å²) in [4.78, 5) is 13.9. The molecular formula is C7H7BrN2O2. The van der Waals surface area contributed by atoms with E-state index in [1.54, 1.807) is 12.1 Å². The third-order valence-electron chi connectivity index (χ3n) is 1.26. The topological polar surface area (TPSA) is 65.2 Å². The fourth-order valence-corrected chi connectivity index (χ4v) is 1.06. The van der Waals surface area contributed by atoms with Gasteiger partial charge in [0, 0.05) is 0 Å². The molecule has 0 unspecified atom stereocenters. The summed E-state index contributed by atoms with van der Waals surface area (Å²) >= 11 is 3.18. The minimum absolute atomic E-state index is 0.106. The number of halogens is 1. The lowest BCUT2D eigenvalue weighted by Gasteiger charge is -2.02. The zero-order valence-corrected chi connectivity index (χ0v) is 7.74. The number of nitrogen functional groups attached to an aromatic ring is 1. The van der Waals surface area contributed by atoms with E-state index < -0.39 is 0 Å². The molecule has 64 valence electrons. The van der Waals surface area contributed by atoms with Crippen LogP contribution in [-0.4, -0.2) is 11.5 Å². The predicted molar refractivity (Wildman–Crippen MR) is 47.2 cm³/mol. The number of pyridine rings is 1. The van der Waals surface area contributed by atoms with Gasteiger partial charge < -0.3 is 10.5 Å². The highest BCUT2D eigenvalue weighted by atomic mass is 79.9. The molecule has 0 aliphatic carbocycles. The minimum atomic E-state index is 0.106. The van der Waals surface area contributed by atoms with Gasteiger partial charge in [-0.05, 0) is 28.1 Å². The van der Waals surface area contributed by atoms with Gasteiger partial charge >= 0.3 is 0 Å². The number of hydrogen-bond donors (Lipinski definition) is 1. The number of hydrogen-bond acceptors (Lipinski definition) is 4. The number of nitrogens with two attached hydrogens (primary N) is 1. The van der Waals surface area contributed by atoms with Crippen LogP contribution in [0.15, 0.2) is 16.7 Å². The Hall–Kier alpha value is -1.10. The summed E-state index contributed by atoms with van der Waals surface area (Å²) in [5.41, 5.74) is 6.62. The van der Waals surface area contributed by atoms with Crippen LogP contribution in [0.5, 0.6) is 0 Å². The van der Waals surface area contributed by atoms with Gasteiger partial charge in [0.05, 0.1) is 5.69 Å². The molecule has 0 spiro atoms. The van der Waals surface area contributed by atoms with E-state index in [9.17, 15) is 4.79 Å². The third-order valence-corrected chi connectivity index (χ3v) is 1.71. The van der Waals surface area contributed by atoms with E-state index in [1.807, 2.05) is 0 Å². The van der Waals surface area contributed by atoms with E-state index in [0.29, 0.717) is 22.5 Å². The highest BCUT2D eigenvalue weighted by Gasteiger charge is 2.01. The molecule has 1 rings (SSSR count). The smallest absolute Gasteiger partial charge is 0.293 e. The Morgan fingerprint density at radius 1 is 1.67 bits per heavy atom. The average Bonchev–Trinajstić information content (AvgIpc) is 2.07. The van der Waals surface area contributed by atoms with E-state index in [0.717, 1.165) is 0 Å². The minimum Gasteiger partial charge on any atom is -0.461 e. The first kappa shape index (κ1) is 8.99. The molecular weight excluding hydrogens is 224 g/mol. The van der Waals surface area contributed by atoms with Crippen molar-refractivity contribution >= 4 is 28.1 Å². The van der Waals surface area contributed by atoms with Crippen LogP contribution in [0.3, 0.4) is 0 Å². The van der Waals surface area contributed by atoms with E-state index in [2.05, 4.69) is 25.7 Å². The summed E-state index contributed by atoms with van der Waals surface area (Å²) in [7, 11) is 0. The van der Waals surface area contributed by atoms with E-state index in [4.69, 9.17) is 5.73 Å². The number of carbonyl (C=O) groups is 1. The van der Waals surface area contributed by atoms with E-state index in [1.165, 1.54) is 0 Å². The van der Waals surface area contributed by atoms with Crippen LogP contribution in [0.4, 0.5) is 5.69 Å². The van der Waals surface area contributed by atoms with Crippen LogP contribution >= 0.6 is 15.9 Å². The van der Waals surface area contributed by atoms with E-state index >= 15 is 0 Å². The number of anilines is 1. The van der Waals surface area contributed by atoms with Crippen LogP contribution < -0.4 is 5.73 Å². The molecule has 1 aromatic rings. The first-order valence-corrected chi connectivity index (χ1v) is 3.99. The first-order valence-electron chi connectivity index (χ1n) is 3.20. The fraction of sp³-hybridized carbons (Fsp3) is 0.143. The molecule has 0 saturated heterocycles. The van der Waals surface area contributed by atoms with Crippen LogP contribution in [0.25, 0.3) is 0 Å². The molecule has 0 amide bonds. The molecule has 0 aliphatic rings. The molecule has 0 radical (unpaired) electrons. The first-order chi connectivity index (χ1) is 5.74. The maximum absolute atomic E-state index is 9.87. The van der Waals surface area contributed by atoms with Crippen LogP contribution in [-0.2, 0) is 16.1 Å². The molecule has 4 nitrogen and oxygen atoms in total. The molecule has 0 aliphatic heterocycles. The highest BCUT2D eigenvalue weighted by Crippen LogP contribution is 2.14. The lowest BCUT2D eigenvalue weighted by molar-refractivity contribution is -0.129. The molecule has 2 N–H and O–H groups in total. The summed E-state index contributed by atoms with van der Waals surface area (Å²) in [6.07, 6.45) is 0. The lowest BCUT2D eigenvalue weighted by Crippen LogP contribution is -2.00. The number of ether oxygens (including phenoxy) is 1. The van der Waals surface area contributed by atoms with Crippen LogP contribution in [0.2, 0.25) is 0 Å². The molecule has 1 aromatic heterocycles. The quantitative estimate of drug-likeness (QED) is 0.624. The third kappa shape index (κ3) is 2.20. The van der Waals surface area contributed by atoms with Crippen molar-refractivity contribution in [3.05, 3.63) is 22.4 Å². The number of carbonyl (C=O) groups excluding carboxylic acids is 1. The molecule has 5 heteroatoms. The molecule has 0 atom stereocenters. The summed E-state index contributed by atoms with van der Waals surface area (Å²) in [6.45, 7) is 0.469. The Labute approximate surface area is 77.9 Å². The summed E-state index contributed by atoms with van der Waals surface area (Å²) < 4.78 is 5.18. The second-order valence-corrected chi connectivity index (χ2v) is 2.89. The summed E-state index contributed by atoms with van der Waals surface area (Å²) in [5, 5.41) is 0. The van der Waals surface area contributed by atoms with Gasteiger partial charge in [0.1, 0.15) is 16.9 Å². The molecule has 0 aromatic carbocycles. The average molecular weight is 231 g/mol. The normalized spacial score (nSPS) is 9.42. The second kappa shape index (κ2) is 4.06. The Bertz CT molecular complexity index is 291. The van der Waals surface area contributed by atoms with Gasteiger partial charge in [-0.1, -0.05) is 0 Å². The van der Waals surface area contributed by atoms with Crippen molar-refractivity contribution in [3.63, 3.8) is 0 Å². The van der Waals surface area contributed by atoms with Gasteiger partial charge in [-0.15, -0.1) is 0 Å². The van der Waals surface area contributed by atoms with Gasteiger partial charge in [0.25, 0.3) is 6.47 Å². The van der Waals surface area contributed by atoms with Crippen molar-refractivity contribution in [1.82, 2.24) is 4.98 Å². The van der Waals surface area contributed by atoms with Gasteiger partial charge in [0.15, 0.2) is 0 Å². The largest absolute Gasteiger partial charge is 0.461 e. The van der Waals surface area contributed by atoms with Crippen molar-refractivity contribution in [3.8, 4) is 0 Å². The summed E-state index contributed by atoms with van der Waals surface area (Å²) in [5.74, 6) is 0. The molecule has 1 heterocycles. The Morgan fingerprint density at radius 3 is 3.08 bits per heavy atom. The van der Waals surface area contributed by atoms with Gasteiger partial charge in [-0.3, -0.25) is 4.79 Å². The van der Waals surface area contributed by atoms with Gasteiger partial charge in [0.2, 0.25) is 0 Å². The fourth-order valence-electron chi connectivity index (χ4n) is 0.714. The monoisotopic (exact) mass is 230 g/mol. The standard InChI is InChI=1S/C7H7BrN2O2/c8-7-2-1-5(9)6(10-7)3-12-4-11/h1-2,4H,3,9H2. The lowest BCUT2D eigenvalue weighted by atomic mass is 10.3. The van der Waals surface area contributed by atoms with Crippen molar-refractivity contribution < 1.29 is 9.53 Å². The number of nitrogens with zero attached hydrogens (tertiary/aromatic N) is 1. The number of aromatic nitrogens is 1. The Kier molecular flexibility index (Phi) is 3.04. The van der Waals surface area contributed by atoms with Gasteiger partial charge in [-0.2, -0.15) is 0 Å².